The minimum Gasteiger partial charge on any atom is -0.380 e. The highest BCUT2D eigenvalue weighted by molar-refractivity contribution is 5.55. The van der Waals surface area contributed by atoms with Crippen LogP contribution in [0.2, 0.25) is 0 Å². The van der Waals surface area contributed by atoms with Gasteiger partial charge in [-0.3, -0.25) is 10.1 Å². The Kier molecular flexibility index (Phi) is 5.10. The van der Waals surface area contributed by atoms with E-state index in [1.165, 1.54) is 6.07 Å². The van der Waals surface area contributed by atoms with Gasteiger partial charge in [0.1, 0.15) is 5.56 Å². The van der Waals surface area contributed by atoms with E-state index in [9.17, 15) is 23.3 Å². The number of anilines is 1. The maximum absolute atomic E-state index is 13.0. The van der Waals surface area contributed by atoms with Crippen LogP contribution in [0.5, 0.6) is 0 Å². The molecule has 0 bridgehead atoms. The van der Waals surface area contributed by atoms with Crippen molar-refractivity contribution in [2.75, 3.05) is 32.1 Å². The van der Waals surface area contributed by atoms with Gasteiger partial charge in [-0.05, 0) is 26.1 Å². The zero-order valence-corrected chi connectivity index (χ0v) is 12.8. The van der Waals surface area contributed by atoms with Crippen molar-refractivity contribution in [2.24, 2.45) is 0 Å². The number of nitro groups is 1. The maximum Gasteiger partial charge on any atom is 0.423 e. The molecule has 1 aliphatic heterocycles. The van der Waals surface area contributed by atoms with Crippen molar-refractivity contribution in [3.8, 4) is 0 Å². The Bertz CT molecular complexity index is 580. The second-order valence-electron chi connectivity index (χ2n) is 5.59. The Morgan fingerprint density at radius 3 is 2.74 bits per heavy atom. The first-order valence-electron chi connectivity index (χ1n) is 7.11. The average Bonchev–Trinajstić information content (AvgIpc) is 2.46. The first-order valence-corrected chi connectivity index (χ1v) is 7.11. The van der Waals surface area contributed by atoms with E-state index < -0.39 is 22.4 Å². The van der Waals surface area contributed by atoms with Crippen LogP contribution < -0.4 is 5.32 Å². The van der Waals surface area contributed by atoms with Crippen LogP contribution in [0, 0.1) is 10.1 Å². The van der Waals surface area contributed by atoms with Gasteiger partial charge in [0, 0.05) is 24.8 Å². The van der Waals surface area contributed by atoms with Crippen molar-refractivity contribution in [1.29, 1.82) is 0 Å². The molecule has 0 saturated carbocycles. The van der Waals surface area contributed by atoms with Gasteiger partial charge in [0.2, 0.25) is 0 Å². The number of hydrogen-bond acceptors (Lipinski definition) is 5. The van der Waals surface area contributed by atoms with Gasteiger partial charge >= 0.3 is 6.18 Å². The third-order valence-corrected chi connectivity index (χ3v) is 3.75. The second kappa shape index (κ2) is 6.71. The molecule has 1 saturated heterocycles. The van der Waals surface area contributed by atoms with E-state index in [2.05, 4.69) is 10.2 Å². The van der Waals surface area contributed by atoms with Crippen molar-refractivity contribution in [1.82, 2.24) is 4.90 Å². The number of hydrogen-bond donors (Lipinski definition) is 1. The Labute approximate surface area is 131 Å². The number of halogens is 3. The minimum absolute atomic E-state index is 0.168. The van der Waals surface area contributed by atoms with Crippen molar-refractivity contribution in [3.05, 3.63) is 33.9 Å². The fourth-order valence-electron chi connectivity index (χ4n) is 2.48. The lowest BCUT2D eigenvalue weighted by Gasteiger charge is -2.34. The van der Waals surface area contributed by atoms with Gasteiger partial charge in [-0.25, -0.2) is 0 Å². The first-order chi connectivity index (χ1) is 10.7. The molecule has 1 aromatic carbocycles. The van der Waals surface area contributed by atoms with Gasteiger partial charge in [-0.15, -0.1) is 0 Å². The standard InChI is InChI=1S/C14H18F3N3O3/c1-9(13-8-19(2)5-6-23-13)18-10-3-4-12(20(21)22)11(7-10)14(15,16)17/h3-4,7,9,13,18H,5-6,8H2,1-2H3. The molecule has 1 aliphatic rings. The Balaban J connectivity index is 2.18. The van der Waals surface area contributed by atoms with E-state index in [-0.39, 0.29) is 17.8 Å². The summed E-state index contributed by atoms with van der Waals surface area (Å²) >= 11 is 0. The first kappa shape index (κ1) is 17.5. The Hall–Kier alpha value is -1.87. The third kappa shape index (κ3) is 4.32. The van der Waals surface area contributed by atoms with Gasteiger partial charge in [0.15, 0.2) is 0 Å². The molecule has 0 spiro atoms. The van der Waals surface area contributed by atoms with Crippen LogP contribution in [0.3, 0.4) is 0 Å². The molecule has 1 N–H and O–H groups in total. The molecule has 0 radical (unpaired) electrons. The molecule has 0 aromatic heterocycles. The lowest BCUT2D eigenvalue weighted by Crippen LogP contribution is -2.47. The molecule has 1 fully saturated rings. The molecule has 2 rings (SSSR count). The predicted molar refractivity (Wildman–Crippen MR) is 78.4 cm³/mol. The van der Waals surface area contributed by atoms with Crippen molar-refractivity contribution in [3.63, 3.8) is 0 Å². The summed E-state index contributed by atoms with van der Waals surface area (Å²) in [6.45, 7) is 3.83. The number of benzene rings is 1. The van der Waals surface area contributed by atoms with Gasteiger partial charge < -0.3 is 15.0 Å². The smallest absolute Gasteiger partial charge is 0.380 e. The van der Waals surface area contributed by atoms with E-state index >= 15 is 0 Å². The summed E-state index contributed by atoms with van der Waals surface area (Å²) < 4.78 is 44.5. The zero-order chi connectivity index (χ0) is 17.2. The maximum atomic E-state index is 13.0. The van der Waals surface area contributed by atoms with Gasteiger partial charge in [-0.2, -0.15) is 13.2 Å². The third-order valence-electron chi connectivity index (χ3n) is 3.75. The summed E-state index contributed by atoms with van der Waals surface area (Å²) in [5.41, 5.74) is -2.04. The van der Waals surface area contributed by atoms with E-state index in [0.717, 1.165) is 18.7 Å². The molecular formula is C14H18F3N3O3. The molecule has 0 amide bonds. The predicted octanol–water partition coefficient (Wildman–Crippen LogP) is 2.74. The summed E-state index contributed by atoms with van der Waals surface area (Å²) in [6, 6.07) is 2.67. The van der Waals surface area contributed by atoms with Gasteiger partial charge in [-0.1, -0.05) is 0 Å². The van der Waals surface area contributed by atoms with Crippen LogP contribution in [0.15, 0.2) is 18.2 Å². The highest BCUT2D eigenvalue weighted by Crippen LogP contribution is 2.37. The van der Waals surface area contributed by atoms with Crippen LogP contribution in [0.4, 0.5) is 24.5 Å². The highest BCUT2D eigenvalue weighted by Gasteiger charge is 2.38. The number of nitrogens with zero attached hydrogens (tertiary/aromatic N) is 2. The van der Waals surface area contributed by atoms with Crippen LogP contribution in [-0.4, -0.2) is 48.7 Å². The molecular weight excluding hydrogens is 315 g/mol. The number of likely N-dealkylation sites (N-methyl/N-ethyl adjacent to an activating group) is 1. The van der Waals surface area contributed by atoms with Crippen molar-refractivity contribution in [2.45, 2.75) is 25.2 Å². The number of morpholine rings is 1. The average molecular weight is 333 g/mol. The molecule has 2 unspecified atom stereocenters. The SMILES string of the molecule is CC(Nc1ccc([N+](=O)[O-])c(C(F)(F)F)c1)C1CN(C)CCO1. The summed E-state index contributed by atoms with van der Waals surface area (Å²) in [5, 5.41) is 13.7. The molecule has 23 heavy (non-hydrogen) atoms. The number of nitrogens with one attached hydrogen (secondary N) is 1. The normalized spacial score (nSPS) is 21.0. The minimum atomic E-state index is -4.79. The van der Waals surface area contributed by atoms with E-state index in [0.29, 0.717) is 13.2 Å². The largest absolute Gasteiger partial charge is 0.423 e. The van der Waals surface area contributed by atoms with E-state index in [1.807, 2.05) is 7.05 Å². The molecule has 1 heterocycles. The molecule has 2 atom stereocenters. The Morgan fingerprint density at radius 2 is 2.17 bits per heavy atom. The lowest BCUT2D eigenvalue weighted by atomic mass is 10.1. The second-order valence-corrected chi connectivity index (χ2v) is 5.59. The van der Waals surface area contributed by atoms with Gasteiger partial charge in [0.25, 0.3) is 5.69 Å². The molecule has 6 nitrogen and oxygen atoms in total. The van der Waals surface area contributed by atoms with E-state index in [4.69, 9.17) is 4.74 Å². The molecule has 128 valence electrons. The topological polar surface area (TPSA) is 67.6 Å². The zero-order valence-electron chi connectivity index (χ0n) is 12.8. The quantitative estimate of drug-likeness (QED) is 0.678. The highest BCUT2D eigenvalue weighted by atomic mass is 19.4. The number of nitro benzene ring substituents is 1. The van der Waals surface area contributed by atoms with Crippen LogP contribution in [0.25, 0.3) is 0 Å². The summed E-state index contributed by atoms with van der Waals surface area (Å²) in [5.74, 6) is 0. The van der Waals surface area contributed by atoms with Crippen LogP contribution >= 0.6 is 0 Å². The van der Waals surface area contributed by atoms with Crippen molar-refractivity contribution >= 4 is 11.4 Å². The fraction of sp³-hybridized carbons (Fsp3) is 0.571. The molecule has 9 heteroatoms. The number of rotatable bonds is 4. The molecule has 0 aliphatic carbocycles. The number of ether oxygens (including phenoxy) is 1. The summed E-state index contributed by atoms with van der Waals surface area (Å²) in [7, 11) is 1.94. The summed E-state index contributed by atoms with van der Waals surface area (Å²) in [4.78, 5) is 11.8. The van der Waals surface area contributed by atoms with Crippen LogP contribution in [-0.2, 0) is 10.9 Å². The number of alkyl halides is 3. The van der Waals surface area contributed by atoms with Crippen LogP contribution in [0.1, 0.15) is 12.5 Å². The fourth-order valence-corrected chi connectivity index (χ4v) is 2.48. The van der Waals surface area contributed by atoms with Gasteiger partial charge in [0.05, 0.1) is 23.7 Å². The molecule has 1 aromatic rings. The van der Waals surface area contributed by atoms with Crippen molar-refractivity contribution < 1.29 is 22.8 Å². The van der Waals surface area contributed by atoms with E-state index in [1.54, 1.807) is 6.92 Å². The summed E-state index contributed by atoms with van der Waals surface area (Å²) in [6.07, 6.45) is -4.96. The Morgan fingerprint density at radius 1 is 1.48 bits per heavy atom. The monoisotopic (exact) mass is 333 g/mol. The lowest BCUT2D eigenvalue weighted by molar-refractivity contribution is -0.388.